The molecular formula is C17H17Br2NO2S. The smallest absolute Gasteiger partial charge is 0.261 e. The summed E-state index contributed by atoms with van der Waals surface area (Å²) in [5.41, 5.74) is 1.64. The topological polar surface area (TPSA) is 37.4 Å². The van der Waals surface area contributed by atoms with E-state index in [0.717, 1.165) is 14.5 Å². The van der Waals surface area contributed by atoms with Crippen LogP contribution in [0.3, 0.4) is 0 Å². The maximum atomic E-state index is 13.1. The van der Waals surface area contributed by atoms with Crippen LogP contribution in [0.15, 0.2) is 68.5 Å². The fraction of sp³-hybridized carbons (Fsp3) is 0.176. The van der Waals surface area contributed by atoms with Gasteiger partial charge in [-0.1, -0.05) is 67.8 Å². The molecule has 0 saturated carbocycles. The lowest BCUT2D eigenvalue weighted by atomic mass is 10.2. The van der Waals surface area contributed by atoms with Gasteiger partial charge < -0.3 is 0 Å². The van der Waals surface area contributed by atoms with Gasteiger partial charge in [-0.15, -0.1) is 0 Å². The Balaban J connectivity index is 2.52. The number of rotatable bonds is 5. The van der Waals surface area contributed by atoms with E-state index < -0.39 is 10.0 Å². The van der Waals surface area contributed by atoms with Crippen LogP contribution in [-0.4, -0.2) is 15.0 Å². The highest BCUT2D eigenvalue weighted by molar-refractivity contribution is 9.14. The molecule has 0 unspecified atom stereocenters. The Labute approximate surface area is 154 Å². The lowest BCUT2D eigenvalue weighted by Gasteiger charge is -2.24. The molecule has 0 aromatic heterocycles. The number of halogens is 2. The van der Waals surface area contributed by atoms with E-state index in [-0.39, 0.29) is 11.4 Å². The SMILES string of the molecule is C/C(Br)=C(\Br)CN(c1ccccc1)S(=O)(=O)c1ccc(C)cc1. The van der Waals surface area contributed by atoms with E-state index >= 15 is 0 Å². The largest absolute Gasteiger partial charge is 0.264 e. The molecule has 0 radical (unpaired) electrons. The van der Waals surface area contributed by atoms with Crippen LogP contribution in [0.5, 0.6) is 0 Å². The van der Waals surface area contributed by atoms with Crippen LogP contribution in [0.25, 0.3) is 0 Å². The van der Waals surface area contributed by atoms with Crippen LogP contribution in [-0.2, 0) is 10.0 Å². The molecule has 122 valence electrons. The summed E-state index contributed by atoms with van der Waals surface area (Å²) in [5.74, 6) is 0. The molecule has 0 saturated heterocycles. The van der Waals surface area contributed by atoms with E-state index in [1.807, 2.05) is 32.0 Å². The van der Waals surface area contributed by atoms with Gasteiger partial charge in [-0.25, -0.2) is 8.42 Å². The summed E-state index contributed by atoms with van der Waals surface area (Å²) in [4.78, 5) is 0.277. The minimum atomic E-state index is -3.65. The van der Waals surface area contributed by atoms with Crippen molar-refractivity contribution in [2.24, 2.45) is 0 Å². The van der Waals surface area contributed by atoms with Crippen molar-refractivity contribution < 1.29 is 8.42 Å². The van der Waals surface area contributed by atoms with Crippen molar-refractivity contribution in [1.82, 2.24) is 0 Å². The second-order valence-electron chi connectivity index (χ2n) is 5.10. The molecular weight excluding hydrogens is 442 g/mol. The van der Waals surface area contributed by atoms with Crippen molar-refractivity contribution >= 4 is 47.6 Å². The Hall–Kier alpha value is -1.11. The first kappa shape index (κ1) is 18.2. The Morgan fingerprint density at radius 2 is 1.57 bits per heavy atom. The van der Waals surface area contributed by atoms with E-state index in [0.29, 0.717) is 5.69 Å². The summed E-state index contributed by atoms with van der Waals surface area (Å²) in [6, 6.07) is 16.0. The van der Waals surface area contributed by atoms with Crippen molar-refractivity contribution in [3.05, 3.63) is 69.1 Å². The summed E-state index contributed by atoms with van der Waals surface area (Å²) < 4.78 is 29.2. The van der Waals surface area contributed by atoms with Crippen molar-refractivity contribution in [3.63, 3.8) is 0 Å². The predicted molar refractivity (Wildman–Crippen MR) is 103 cm³/mol. The van der Waals surface area contributed by atoms with E-state index in [1.165, 1.54) is 4.31 Å². The zero-order chi connectivity index (χ0) is 17.0. The number of benzene rings is 2. The molecule has 0 atom stereocenters. The molecule has 0 N–H and O–H groups in total. The second kappa shape index (κ2) is 7.64. The summed E-state index contributed by atoms with van der Waals surface area (Å²) >= 11 is 6.83. The van der Waals surface area contributed by atoms with Gasteiger partial charge in [0.1, 0.15) is 0 Å². The molecule has 0 amide bonds. The maximum absolute atomic E-state index is 13.1. The van der Waals surface area contributed by atoms with E-state index in [1.54, 1.807) is 36.4 Å². The molecule has 2 rings (SSSR count). The van der Waals surface area contributed by atoms with Gasteiger partial charge in [-0.2, -0.15) is 0 Å². The fourth-order valence-corrected chi connectivity index (χ4v) is 3.96. The zero-order valence-corrected chi connectivity index (χ0v) is 16.8. The summed E-state index contributed by atoms with van der Waals surface area (Å²) in [6.07, 6.45) is 0. The number of sulfonamides is 1. The number of aryl methyl sites for hydroxylation is 1. The molecule has 0 aliphatic heterocycles. The number of nitrogens with zero attached hydrogens (tertiary/aromatic N) is 1. The molecule has 2 aromatic rings. The molecule has 6 heteroatoms. The quantitative estimate of drug-likeness (QED) is 0.616. The fourth-order valence-electron chi connectivity index (χ4n) is 1.98. The number of anilines is 1. The van der Waals surface area contributed by atoms with Crippen molar-refractivity contribution in [2.75, 3.05) is 10.8 Å². The highest BCUT2D eigenvalue weighted by Crippen LogP contribution is 2.28. The Morgan fingerprint density at radius 3 is 2.09 bits per heavy atom. The van der Waals surface area contributed by atoms with Gasteiger partial charge >= 0.3 is 0 Å². The lowest BCUT2D eigenvalue weighted by molar-refractivity contribution is 0.592. The third kappa shape index (κ3) is 4.46. The Morgan fingerprint density at radius 1 is 1.00 bits per heavy atom. The summed E-state index contributed by atoms with van der Waals surface area (Å²) in [7, 11) is -3.65. The predicted octanol–water partition coefficient (Wildman–Crippen LogP) is 5.21. The van der Waals surface area contributed by atoms with Crippen molar-refractivity contribution in [1.29, 1.82) is 0 Å². The molecule has 23 heavy (non-hydrogen) atoms. The van der Waals surface area contributed by atoms with Crippen molar-refractivity contribution in [3.8, 4) is 0 Å². The minimum Gasteiger partial charge on any atom is -0.261 e. The van der Waals surface area contributed by atoms with Crippen LogP contribution in [0, 0.1) is 6.92 Å². The van der Waals surface area contributed by atoms with E-state index in [9.17, 15) is 8.42 Å². The van der Waals surface area contributed by atoms with Gasteiger partial charge in [-0.05, 0) is 38.1 Å². The van der Waals surface area contributed by atoms with Crippen LogP contribution in [0.2, 0.25) is 0 Å². The van der Waals surface area contributed by atoms with Crippen LogP contribution >= 0.6 is 31.9 Å². The average molecular weight is 459 g/mol. The maximum Gasteiger partial charge on any atom is 0.264 e. The number of para-hydroxylation sites is 1. The van der Waals surface area contributed by atoms with Gasteiger partial charge in [0.05, 0.1) is 17.1 Å². The van der Waals surface area contributed by atoms with Crippen molar-refractivity contribution in [2.45, 2.75) is 18.7 Å². The average Bonchev–Trinajstić information content (AvgIpc) is 2.53. The highest BCUT2D eigenvalue weighted by atomic mass is 79.9. The highest BCUT2D eigenvalue weighted by Gasteiger charge is 2.25. The molecule has 0 aliphatic carbocycles. The standard InChI is InChI=1S/C17H17Br2NO2S/c1-13-8-10-16(11-9-13)23(21,22)20(12-17(19)14(2)18)15-6-4-3-5-7-15/h3-11H,12H2,1-2H3/b17-14+. The second-order valence-corrected chi connectivity index (χ2v) is 9.11. The molecule has 0 aliphatic rings. The van der Waals surface area contributed by atoms with Gasteiger partial charge in [0.25, 0.3) is 10.0 Å². The molecule has 2 aromatic carbocycles. The van der Waals surface area contributed by atoms with Gasteiger partial charge in [-0.3, -0.25) is 4.31 Å². The Kier molecular flexibility index (Phi) is 6.06. The minimum absolute atomic E-state index is 0.220. The molecule has 0 fully saturated rings. The normalized spacial score (nSPS) is 12.7. The molecule has 0 spiro atoms. The van der Waals surface area contributed by atoms with Gasteiger partial charge in [0.2, 0.25) is 0 Å². The third-order valence-corrected chi connectivity index (χ3v) is 6.95. The van der Waals surface area contributed by atoms with Gasteiger partial charge in [0.15, 0.2) is 0 Å². The summed E-state index contributed by atoms with van der Waals surface area (Å²) in [5, 5.41) is 0. The van der Waals surface area contributed by atoms with Crippen LogP contribution in [0.1, 0.15) is 12.5 Å². The molecule has 3 nitrogen and oxygen atoms in total. The first-order valence-corrected chi connectivity index (χ1v) is 10.00. The monoisotopic (exact) mass is 457 g/mol. The Bertz CT molecular complexity index is 796. The first-order chi connectivity index (χ1) is 10.8. The summed E-state index contributed by atoms with van der Waals surface area (Å²) in [6.45, 7) is 4.02. The number of allylic oxidation sites excluding steroid dienone is 1. The van der Waals surface area contributed by atoms with E-state index in [4.69, 9.17) is 0 Å². The number of hydrogen-bond acceptors (Lipinski definition) is 2. The van der Waals surface area contributed by atoms with Crippen LogP contribution < -0.4 is 4.31 Å². The third-order valence-electron chi connectivity index (χ3n) is 3.31. The molecule has 0 bridgehead atoms. The zero-order valence-electron chi connectivity index (χ0n) is 12.8. The molecule has 0 heterocycles. The van der Waals surface area contributed by atoms with Crippen LogP contribution in [0.4, 0.5) is 5.69 Å². The van der Waals surface area contributed by atoms with E-state index in [2.05, 4.69) is 31.9 Å². The number of hydrogen-bond donors (Lipinski definition) is 0. The first-order valence-electron chi connectivity index (χ1n) is 6.97. The lowest BCUT2D eigenvalue weighted by Crippen LogP contribution is -2.32. The van der Waals surface area contributed by atoms with Gasteiger partial charge in [0, 0.05) is 8.96 Å².